The lowest BCUT2D eigenvalue weighted by molar-refractivity contribution is -0.135. The van der Waals surface area contributed by atoms with Gasteiger partial charge in [-0.2, -0.15) is 0 Å². The van der Waals surface area contributed by atoms with Crippen LogP contribution in [0.25, 0.3) is 0 Å². The molecule has 1 aliphatic heterocycles. The molecule has 0 unspecified atom stereocenters. The summed E-state index contributed by atoms with van der Waals surface area (Å²) >= 11 is 2.72. The van der Waals surface area contributed by atoms with Crippen molar-refractivity contribution in [3.63, 3.8) is 0 Å². The van der Waals surface area contributed by atoms with E-state index in [0.717, 1.165) is 11.1 Å². The van der Waals surface area contributed by atoms with E-state index < -0.39 is 58.2 Å². The quantitative estimate of drug-likeness (QED) is 0.0783. The molecule has 2 aromatic carbocycles. The Morgan fingerprint density at radius 1 is 0.700 bits per heavy atom. The van der Waals surface area contributed by atoms with Crippen molar-refractivity contribution >= 4 is 50.2 Å². The molecule has 12 nitrogen and oxygen atoms in total. The first-order chi connectivity index (χ1) is 23.7. The van der Waals surface area contributed by atoms with Gasteiger partial charge in [0.2, 0.25) is 23.6 Å². The van der Waals surface area contributed by atoms with Crippen molar-refractivity contribution in [3.05, 3.63) is 71.8 Å². The molecule has 2 aromatic rings. The van der Waals surface area contributed by atoms with Crippen LogP contribution in [-0.2, 0) is 41.6 Å². The van der Waals surface area contributed by atoms with Gasteiger partial charge in [-0.15, -0.1) is 0 Å². The fraction of sp³-hybridized carbons (Fsp3) is 0.514. The number of amides is 5. The van der Waals surface area contributed by atoms with Crippen LogP contribution >= 0.6 is 15.9 Å². The molecule has 13 heteroatoms. The average Bonchev–Trinajstić information content (AvgIpc) is 3.82. The first-order valence-corrected chi connectivity index (χ1v) is 17.9. The number of rotatable bonds is 20. The van der Waals surface area contributed by atoms with Crippen LogP contribution in [0.15, 0.2) is 60.7 Å². The van der Waals surface area contributed by atoms with E-state index in [1.165, 1.54) is 0 Å². The Balaban J connectivity index is 1.82. The maximum atomic E-state index is 14.0. The number of ketones is 1. The number of benzene rings is 2. The summed E-state index contributed by atoms with van der Waals surface area (Å²) in [5, 5.41) is 13.6. The van der Waals surface area contributed by atoms with E-state index in [4.69, 9.17) is 4.74 Å². The molecular weight excluding hydrogens is 706 g/mol. The molecule has 5 atom stereocenters. The number of halogens is 1. The second-order valence-corrected chi connectivity index (χ2v) is 14.5. The summed E-state index contributed by atoms with van der Waals surface area (Å²) in [4.78, 5) is 78.2. The van der Waals surface area contributed by atoms with Crippen LogP contribution in [0.4, 0.5) is 4.79 Å². The highest BCUT2D eigenvalue weighted by molar-refractivity contribution is 9.18. The number of carbonyl (C=O) groups is 6. The lowest BCUT2D eigenvalue weighted by atomic mass is 9.93. The predicted molar refractivity (Wildman–Crippen MR) is 193 cm³/mol. The van der Waals surface area contributed by atoms with Gasteiger partial charge in [0.15, 0.2) is 5.78 Å². The third kappa shape index (κ3) is 13.7. The number of hydrogen-bond acceptors (Lipinski definition) is 7. The van der Waals surface area contributed by atoms with Gasteiger partial charge in [-0.1, -0.05) is 88.4 Å². The number of nitrogens with one attached hydrogen (secondary N) is 5. The number of carbonyl (C=O) groups excluding carboxylic acids is 6. The number of hydrogen-bond donors (Lipinski definition) is 5. The summed E-state index contributed by atoms with van der Waals surface area (Å²) < 4.78 is 5.38. The van der Waals surface area contributed by atoms with E-state index in [0.29, 0.717) is 12.8 Å². The highest BCUT2D eigenvalue weighted by Gasteiger charge is 2.50. The number of ether oxygens (including phenoxy) is 1. The first-order valence-electron chi connectivity index (χ1n) is 17.1. The van der Waals surface area contributed by atoms with Gasteiger partial charge >= 0.3 is 0 Å². The highest BCUT2D eigenvalue weighted by atomic mass is 79.9. The standard InChI is InChI=1S/C37H50BrN5O7/c1-23(2)18-28(32(45)37(5)22-50-37)41-35(48)30(20-26-14-10-7-11-15-26)43-34(47)29(19-24(3)4)42-33(46)27(40-31(44)21-39-36(38)49)17-16-25-12-8-6-9-13-25/h6-15,23-24,27-30H,16-22H2,1-5H3,(H,39,49)(H,40,44)(H,41,48)(H,42,46)(H,43,47)/t27-,28-,29-,30-,37+/m0/s1. The predicted octanol–water partition coefficient (Wildman–Crippen LogP) is 3.36. The summed E-state index contributed by atoms with van der Waals surface area (Å²) in [7, 11) is 0. The van der Waals surface area contributed by atoms with Crippen LogP contribution < -0.4 is 26.6 Å². The highest BCUT2D eigenvalue weighted by Crippen LogP contribution is 2.29. The van der Waals surface area contributed by atoms with Gasteiger partial charge in [-0.25, -0.2) is 0 Å². The minimum absolute atomic E-state index is 0.0220. The maximum Gasteiger partial charge on any atom is 0.287 e. The van der Waals surface area contributed by atoms with Crippen LogP contribution in [-0.4, -0.2) is 77.1 Å². The molecule has 1 aliphatic rings. The molecule has 0 spiro atoms. The third-order valence-electron chi connectivity index (χ3n) is 8.30. The van der Waals surface area contributed by atoms with Crippen molar-refractivity contribution < 1.29 is 33.5 Å². The van der Waals surface area contributed by atoms with Crippen LogP contribution in [0.2, 0.25) is 0 Å². The molecule has 0 radical (unpaired) electrons. The lowest BCUT2D eigenvalue weighted by Crippen LogP contribution is -2.59. The zero-order valence-corrected chi connectivity index (χ0v) is 31.0. The Bertz CT molecular complexity index is 1470. The van der Waals surface area contributed by atoms with Gasteiger partial charge in [-0.05, 0) is 55.6 Å². The number of aryl methyl sites for hydroxylation is 1. The molecule has 5 amide bonds. The minimum Gasteiger partial charge on any atom is -0.361 e. The van der Waals surface area contributed by atoms with Gasteiger partial charge in [0.1, 0.15) is 23.7 Å². The Kier molecular flexibility index (Phi) is 15.6. The van der Waals surface area contributed by atoms with E-state index in [-0.39, 0.29) is 50.0 Å². The molecule has 0 bridgehead atoms. The van der Waals surface area contributed by atoms with Gasteiger partial charge in [0.25, 0.3) is 4.82 Å². The van der Waals surface area contributed by atoms with Gasteiger partial charge in [-0.3, -0.25) is 28.8 Å². The fourth-order valence-corrected chi connectivity index (χ4v) is 5.66. The van der Waals surface area contributed by atoms with E-state index in [2.05, 4.69) is 42.5 Å². The summed E-state index contributed by atoms with van der Waals surface area (Å²) in [6.07, 6.45) is 1.49. The van der Waals surface area contributed by atoms with Crippen molar-refractivity contribution in [2.45, 2.75) is 96.5 Å². The molecule has 0 aliphatic carbocycles. The molecular formula is C37H50BrN5O7. The topological polar surface area (TPSA) is 175 Å². The molecule has 5 N–H and O–H groups in total. The smallest absolute Gasteiger partial charge is 0.287 e. The SMILES string of the molecule is CC(C)C[C@H](NC(=O)[C@H](CCc1ccccc1)NC(=O)CNC(=O)Br)C(=O)N[C@@H](Cc1ccccc1)C(=O)N[C@@H](CC(C)C)C(=O)[C@@]1(C)CO1. The maximum absolute atomic E-state index is 14.0. The van der Waals surface area contributed by atoms with Crippen molar-refractivity contribution in [1.29, 1.82) is 0 Å². The van der Waals surface area contributed by atoms with Gasteiger partial charge in [0.05, 0.1) is 19.2 Å². The van der Waals surface area contributed by atoms with Crippen LogP contribution in [0.1, 0.15) is 65.0 Å². The summed E-state index contributed by atoms with van der Waals surface area (Å²) in [5.41, 5.74) is 0.807. The minimum atomic E-state index is -1.06. The molecule has 272 valence electrons. The van der Waals surface area contributed by atoms with E-state index >= 15 is 0 Å². The summed E-state index contributed by atoms with van der Waals surface area (Å²) in [6.45, 7) is 9.36. The Morgan fingerprint density at radius 2 is 1.18 bits per heavy atom. The Labute approximate surface area is 302 Å². The lowest BCUT2D eigenvalue weighted by Gasteiger charge is -2.28. The van der Waals surface area contributed by atoms with E-state index in [9.17, 15) is 28.8 Å². The molecule has 1 heterocycles. The molecule has 50 heavy (non-hydrogen) atoms. The molecule has 0 saturated carbocycles. The van der Waals surface area contributed by atoms with Crippen molar-refractivity contribution in [3.8, 4) is 0 Å². The summed E-state index contributed by atoms with van der Waals surface area (Å²) in [6, 6.07) is 14.7. The normalized spacial score (nSPS) is 17.5. The van der Waals surface area contributed by atoms with Crippen LogP contribution in [0, 0.1) is 11.8 Å². The second-order valence-electron chi connectivity index (χ2n) is 13.8. The Morgan fingerprint density at radius 3 is 1.72 bits per heavy atom. The second kappa shape index (κ2) is 19.3. The molecule has 3 rings (SSSR count). The largest absolute Gasteiger partial charge is 0.361 e. The van der Waals surface area contributed by atoms with Crippen LogP contribution in [0.5, 0.6) is 0 Å². The van der Waals surface area contributed by atoms with Crippen molar-refractivity contribution in [2.75, 3.05) is 13.2 Å². The van der Waals surface area contributed by atoms with Crippen molar-refractivity contribution in [1.82, 2.24) is 26.6 Å². The zero-order chi connectivity index (χ0) is 36.8. The fourth-order valence-electron chi connectivity index (χ4n) is 5.52. The number of Topliss-reactive ketones (excluding diaryl/α,β-unsaturated/α-hetero) is 1. The number of epoxide rings is 1. The zero-order valence-electron chi connectivity index (χ0n) is 29.4. The average molecular weight is 757 g/mol. The van der Waals surface area contributed by atoms with Gasteiger partial charge < -0.3 is 31.3 Å². The molecule has 0 aromatic heterocycles. The first kappa shape index (κ1) is 40.3. The van der Waals surface area contributed by atoms with Gasteiger partial charge in [0, 0.05) is 22.4 Å². The van der Waals surface area contributed by atoms with Crippen LogP contribution in [0.3, 0.4) is 0 Å². The monoisotopic (exact) mass is 755 g/mol. The summed E-state index contributed by atoms with van der Waals surface area (Å²) in [5.74, 6) is -2.39. The molecule has 1 fully saturated rings. The van der Waals surface area contributed by atoms with E-state index in [1.54, 1.807) is 6.92 Å². The molecule has 1 saturated heterocycles. The third-order valence-corrected chi connectivity index (χ3v) is 8.58. The van der Waals surface area contributed by atoms with Crippen molar-refractivity contribution in [2.24, 2.45) is 11.8 Å². The van der Waals surface area contributed by atoms with E-state index in [1.807, 2.05) is 88.4 Å². The Hall–Kier alpha value is -4.10.